The summed E-state index contributed by atoms with van der Waals surface area (Å²) in [5.41, 5.74) is 0.387. The Morgan fingerprint density at radius 1 is 1.24 bits per heavy atom. The van der Waals surface area contributed by atoms with Gasteiger partial charge in [0.05, 0.1) is 5.69 Å². The maximum absolute atomic E-state index is 11.5. The van der Waals surface area contributed by atoms with Crippen LogP contribution in [0.1, 0.15) is 33.6 Å². The van der Waals surface area contributed by atoms with Crippen LogP contribution in [0.15, 0.2) is 23.1 Å². The van der Waals surface area contributed by atoms with Gasteiger partial charge in [0.2, 0.25) is 0 Å². The number of ether oxygens (including phenoxy) is 1. The van der Waals surface area contributed by atoms with Crippen molar-refractivity contribution >= 4 is 21.8 Å². The molecule has 1 N–H and O–H groups in total. The molecule has 0 unspecified atom stereocenters. The molecule has 0 saturated heterocycles. The molecule has 7 heteroatoms. The van der Waals surface area contributed by atoms with Crippen LogP contribution >= 0.6 is 0 Å². The summed E-state index contributed by atoms with van der Waals surface area (Å²) in [5, 5.41) is 0. The number of nitrogens with zero attached hydrogens (tertiary/aromatic N) is 1. The fourth-order valence-corrected chi connectivity index (χ4v) is 2.70. The second kappa shape index (κ2) is 7.42. The van der Waals surface area contributed by atoms with Gasteiger partial charge in [-0.15, -0.1) is 0 Å². The lowest BCUT2D eigenvalue weighted by molar-refractivity contribution is -0.134. The van der Waals surface area contributed by atoms with Gasteiger partial charge in [0.1, 0.15) is 10.6 Å². The van der Waals surface area contributed by atoms with Crippen LogP contribution < -0.4 is 9.64 Å². The molecule has 0 heterocycles. The molecule has 0 atom stereocenters. The third kappa shape index (κ3) is 4.71. The topological polar surface area (TPSA) is 83.9 Å². The molecule has 1 aromatic carbocycles. The van der Waals surface area contributed by atoms with Gasteiger partial charge in [-0.2, -0.15) is 8.42 Å². The van der Waals surface area contributed by atoms with Crippen molar-refractivity contribution in [3.05, 3.63) is 18.2 Å². The van der Waals surface area contributed by atoms with Crippen molar-refractivity contribution in [1.82, 2.24) is 0 Å². The molecule has 0 aliphatic carbocycles. The molecule has 0 amide bonds. The van der Waals surface area contributed by atoms with Gasteiger partial charge in [-0.25, -0.2) is 0 Å². The van der Waals surface area contributed by atoms with Crippen molar-refractivity contribution in [1.29, 1.82) is 0 Å². The van der Waals surface area contributed by atoms with Crippen molar-refractivity contribution < 1.29 is 22.5 Å². The molecule has 0 spiro atoms. The summed E-state index contributed by atoms with van der Waals surface area (Å²) in [6.07, 6.45) is 0.889. The first-order valence-corrected chi connectivity index (χ1v) is 8.34. The third-order valence-corrected chi connectivity index (χ3v) is 3.88. The third-order valence-electron chi connectivity index (χ3n) is 3.00. The molecular formula is C14H21NO5S. The molecule has 0 aromatic heterocycles. The summed E-state index contributed by atoms with van der Waals surface area (Å²) in [4.78, 5) is 13.0. The Hall–Kier alpha value is -1.60. The van der Waals surface area contributed by atoms with Gasteiger partial charge < -0.3 is 9.64 Å². The van der Waals surface area contributed by atoms with E-state index < -0.39 is 16.1 Å². The monoisotopic (exact) mass is 315 g/mol. The van der Waals surface area contributed by atoms with E-state index in [-0.39, 0.29) is 17.1 Å². The van der Waals surface area contributed by atoms with E-state index >= 15 is 0 Å². The average Bonchev–Trinajstić information content (AvgIpc) is 2.40. The number of hydrogen-bond donors (Lipinski definition) is 1. The SMILES string of the molecule is CCCC(=O)Oc1ccc(N(CC)CC)c(S(=O)(=O)O)c1. The Labute approximate surface area is 125 Å². The van der Waals surface area contributed by atoms with E-state index in [0.717, 1.165) is 0 Å². The van der Waals surface area contributed by atoms with Crippen LogP contribution in [-0.2, 0) is 14.9 Å². The van der Waals surface area contributed by atoms with Gasteiger partial charge in [-0.1, -0.05) is 6.92 Å². The Bertz CT molecular complexity index is 593. The quantitative estimate of drug-likeness (QED) is 0.473. The number of anilines is 1. The first-order chi connectivity index (χ1) is 9.83. The zero-order valence-electron chi connectivity index (χ0n) is 12.5. The van der Waals surface area contributed by atoms with Gasteiger partial charge >= 0.3 is 5.97 Å². The van der Waals surface area contributed by atoms with E-state index in [1.807, 2.05) is 20.8 Å². The largest absolute Gasteiger partial charge is 0.426 e. The van der Waals surface area contributed by atoms with E-state index in [1.165, 1.54) is 18.2 Å². The molecular weight excluding hydrogens is 294 g/mol. The molecule has 0 fully saturated rings. The summed E-state index contributed by atoms with van der Waals surface area (Å²) >= 11 is 0. The highest BCUT2D eigenvalue weighted by Gasteiger charge is 2.20. The number of carbonyl (C=O) groups is 1. The first kappa shape index (κ1) is 17.5. The van der Waals surface area contributed by atoms with Crippen LogP contribution in [0.2, 0.25) is 0 Å². The molecule has 21 heavy (non-hydrogen) atoms. The lowest BCUT2D eigenvalue weighted by Crippen LogP contribution is -2.24. The van der Waals surface area contributed by atoms with E-state index in [2.05, 4.69) is 0 Å². The normalized spacial score (nSPS) is 11.2. The molecule has 0 bridgehead atoms. The fourth-order valence-electron chi connectivity index (χ4n) is 1.98. The van der Waals surface area contributed by atoms with Crippen LogP contribution in [-0.4, -0.2) is 32.0 Å². The minimum absolute atomic E-state index is 0.108. The highest BCUT2D eigenvalue weighted by molar-refractivity contribution is 7.86. The van der Waals surface area contributed by atoms with Gasteiger partial charge in [-0.05, 0) is 32.4 Å². The van der Waals surface area contributed by atoms with Crippen LogP contribution in [0.4, 0.5) is 5.69 Å². The molecule has 1 aromatic rings. The Morgan fingerprint density at radius 3 is 2.33 bits per heavy atom. The fraction of sp³-hybridized carbons (Fsp3) is 0.500. The van der Waals surface area contributed by atoms with Gasteiger partial charge in [0.25, 0.3) is 10.1 Å². The zero-order chi connectivity index (χ0) is 16.0. The van der Waals surface area contributed by atoms with Crippen LogP contribution in [0.5, 0.6) is 5.75 Å². The standard InChI is InChI=1S/C14H21NO5S/c1-4-7-14(16)20-11-8-9-12(15(5-2)6-3)13(10-11)21(17,18)19/h8-10H,4-7H2,1-3H3,(H,17,18,19). The molecule has 0 saturated carbocycles. The van der Waals surface area contributed by atoms with E-state index in [1.54, 1.807) is 4.90 Å². The molecule has 6 nitrogen and oxygen atoms in total. The molecule has 0 aliphatic rings. The summed E-state index contributed by atoms with van der Waals surface area (Å²) in [6, 6.07) is 4.23. The number of hydrogen-bond acceptors (Lipinski definition) is 5. The summed E-state index contributed by atoms with van der Waals surface area (Å²) in [7, 11) is -4.40. The second-order valence-electron chi connectivity index (χ2n) is 4.50. The van der Waals surface area contributed by atoms with E-state index in [9.17, 15) is 17.8 Å². The second-order valence-corrected chi connectivity index (χ2v) is 5.89. The number of benzene rings is 1. The lowest BCUT2D eigenvalue weighted by Gasteiger charge is -2.23. The van der Waals surface area contributed by atoms with Gasteiger partial charge in [0, 0.05) is 25.6 Å². The van der Waals surface area contributed by atoms with Crippen molar-refractivity contribution in [3.63, 3.8) is 0 Å². The smallest absolute Gasteiger partial charge is 0.311 e. The number of rotatable bonds is 7. The number of carbonyl (C=O) groups excluding carboxylic acids is 1. The Balaban J connectivity index is 3.22. The maximum Gasteiger partial charge on any atom is 0.311 e. The van der Waals surface area contributed by atoms with Crippen LogP contribution in [0.3, 0.4) is 0 Å². The summed E-state index contributed by atoms with van der Waals surface area (Å²) in [6.45, 7) is 6.79. The van der Waals surface area contributed by atoms with Crippen molar-refractivity contribution in [2.24, 2.45) is 0 Å². The van der Waals surface area contributed by atoms with Gasteiger partial charge in [-0.3, -0.25) is 9.35 Å². The summed E-state index contributed by atoms with van der Waals surface area (Å²) < 4.78 is 37.5. The van der Waals surface area contributed by atoms with Crippen LogP contribution in [0.25, 0.3) is 0 Å². The maximum atomic E-state index is 11.5. The van der Waals surface area contributed by atoms with Gasteiger partial charge in [0.15, 0.2) is 0 Å². The minimum atomic E-state index is -4.40. The minimum Gasteiger partial charge on any atom is -0.426 e. The Morgan fingerprint density at radius 2 is 1.86 bits per heavy atom. The zero-order valence-corrected chi connectivity index (χ0v) is 13.3. The van der Waals surface area contributed by atoms with Crippen molar-refractivity contribution in [2.75, 3.05) is 18.0 Å². The lowest BCUT2D eigenvalue weighted by atomic mass is 10.2. The predicted octanol–water partition coefficient (Wildman–Crippen LogP) is 2.49. The molecule has 0 radical (unpaired) electrons. The van der Waals surface area contributed by atoms with Crippen LogP contribution in [0, 0.1) is 0 Å². The molecule has 1 rings (SSSR count). The van der Waals surface area contributed by atoms with Crippen molar-refractivity contribution in [2.45, 2.75) is 38.5 Å². The Kier molecular flexibility index (Phi) is 6.17. The predicted molar refractivity (Wildman–Crippen MR) is 80.4 cm³/mol. The molecule has 118 valence electrons. The number of esters is 1. The first-order valence-electron chi connectivity index (χ1n) is 6.90. The summed E-state index contributed by atoms with van der Waals surface area (Å²) in [5.74, 6) is -0.327. The highest BCUT2D eigenvalue weighted by atomic mass is 32.2. The molecule has 0 aliphatic heterocycles. The van der Waals surface area contributed by atoms with E-state index in [0.29, 0.717) is 25.2 Å². The average molecular weight is 315 g/mol. The van der Waals surface area contributed by atoms with E-state index in [4.69, 9.17) is 4.74 Å². The highest BCUT2D eigenvalue weighted by Crippen LogP contribution is 2.29. The van der Waals surface area contributed by atoms with Crippen molar-refractivity contribution in [3.8, 4) is 5.75 Å².